The average molecular weight is 278 g/mol. The van der Waals surface area contributed by atoms with Gasteiger partial charge in [-0.05, 0) is 6.42 Å². The first-order valence-electron chi connectivity index (χ1n) is 5.12. The van der Waals surface area contributed by atoms with E-state index in [0.717, 1.165) is 6.42 Å². The highest BCUT2D eigenvalue weighted by molar-refractivity contribution is 8.13. The summed E-state index contributed by atoms with van der Waals surface area (Å²) in [6.07, 6.45) is 3.39. The summed E-state index contributed by atoms with van der Waals surface area (Å²) >= 11 is 0. The maximum Gasteiger partial charge on any atom is 0.264 e. The third-order valence-corrected chi connectivity index (χ3v) is 4.15. The fourth-order valence-electron chi connectivity index (χ4n) is 1.89. The first-order chi connectivity index (χ1) is 7.88. The summed E-state index contributed by atoms with van der Waals surface area (Å²) in [6.45, 7) is 2.74. The number of rotatable bonds is 2. The van der Waals surface area contributed by atoms with Crippen LogP contribution < -0.4 is 0 Å². The predicted molar refractivity (Wildman–Crippen MR) is 61.2 cm³/mol. The van der Waals surface area contributed by atoms with Gasteiger partial charge >= 0.3 is 0 Å². The lowest BCUT2D eigenvalue weighted by Crippen LogP contribution is -2.26. The minimum atomic E-state index is -3.73. The van der Waals surface area contributed by atoms with E-state index in [9.17, 15) is 13.2 Å². The van der Waals surface area contributed by atoms with Gasteiger partial charge in [-0.15, -0.1) is 0 Å². The van der Waals surface area contributed by atoms with Crippen molar-refractivity contribution >= 4 is 25.6 Å². The van der Waals surface area contributed by atoms with Crippen LogP contribution in [0.2, 0.25) is 0 Å². The molecule has 1 aliphatic rings. The molecule has 2 heterocycles. The fourth-order valence-corrected chi connectivity index (χ4v) is 2.54. The molecule has 0 spiro atoms. The normalized spacial score (nSPS) is 20.8. The van der Waals surface area contributed by atoms with Gasteiger partial charge in [0.05, 0.1) is 12.2 Å². The van der Waals surface area contributed by atoms with E-state index in [1.165, 1.54) is 19.3 Å². The maximum absolute atomic E-state index is 11.2. The molecule has 1 fully saturated rings. The Labute approximate surface area is 104 Å². The van der Waals surface area contributed by atoms with Gasteiger partial charge in [-0.3, -0.25) is 9.48 Å². The van der Waals surface area contributed by atoms with Crippen molar-refractivity contribution in [2.75, 3.05) is 13.1 Å². The lowest BCUT2D eigenvalue weighted by molar-refractivity contribution is -0.127. The summed E-state index contributed by atoms with van der Waals surface area (Å²) in [5.41, 5.74) is 0. The summed E-state index contributed by atoms with van der Waals surface area (Å²) in [5, 5.41) is 3.97. The molecule has 0 aliphatic carbocycles. The lowest BCUT2D eigenvalue weighted by Gasteiger charge is -2.13. The van der Waals surface area contributed by atoms with Crippen molar-refractivity contribution in [3.05, 3.63) is 12.4 Å². The smallest absolute Gasteiger partial charge is 0.264 e. The Morgan fingerprint density at radius 3 is 2.76 bits per heavy atom. The van der Waals surface area contributed by atoms with Gasteiger partial charge in [-0.25, -0.2) is 8.42 Å². The van der Waals surface area contributed by atoms with Gasteiger partial charge in [0, 0.05) is 36.9 Å². The zero-order valence-electron chi connectivity index (χ0n) is 9.21. The van der Waals surface area contributed by atoms with Crippen LogP contribution in [0.5, 0.6) is 0 Å². The van der Waals surface area contributed by atoms with Crippen LogP contribution in [0.1, 0.15) is 19.4 Å². The van der Waals surface area contributed by atoms with Gasteiger partial charge in [-0.2, -0.15) is 5.10 Å². The van der Waals surface area contributed by atoms with E-state index in [-0.39, 0.29) is 16.8 Å². The molecule has 0 radical (unpaired) electrons. The number of amides is 1. The van der Waals surface area contributed by atoms with E-state index >= 15 is 0 Å². The van der Waals surface area contributed by atoms with E-state index in [2.05, 4.69) is 5.10 Å². The molecule has 0 saturated carbocycles. The van der Waals surface area contributed by atoms with Crippen LogP contribution in [-0.4, -0.2) is 42.1 Å². The first-order valence-corrected chi connectivity index (χ1v) is 7.43. The monoisotopic (exact) mass is 277 g/mol. The fraction of sp³-hybridized carbons (Fsp3) is 0.556. The summed E-state index contributed by atoms with van der Waals surface area (Å²) in [4.78, 5) is 12.9. The zero-order valence-corrected chi connectivity index (χ0v) is 10.8. The number of carbonyl (C=O) groups excluding carboxylic acids is 1. The van der Waals surface area contributed by atoms with E-state index in [1.807, 2.05) is 0 Å². The van der Waals surface area contributed by atoms with E-state index < -0.39 is 9.05 Å². The van der Waals surface area contributed by atoms with E-state index in [0.29, 0.717) is 13.1 Å². The second-order valence-electron chi connectivity index (χ2n) is 4.00. The lowest BCUT2D eigenvalue weighted by atomic mass is 10.3. The number of hydrogen-bond donors (Lipinski definition) is 0. The van der Waals surface area contributed by atoms with Gasteiger partial charge in [0.15, 0.2) is 0 Å². The molecule has 1 saturated heterocycles. The van der Waals surface area contributed by atoms with Gasteiger partial charge in [0.1, 0.15) is 4.90 Å². The SMILES string of the molecule is CC(=O)N1CCC(n2cc(S(=O)(=O)Cl)cn2)C1. The standard InChI is InChI=1S/C9H12ClN3O3S/c1-7(14)12-3-2-8(5-12)13-6-9(4-11-13)17(10,15)16/h4,6,8H,2-3,5H2,1H3. The van der Waals surface area contributed by atoms with Crippen LogP contribution >= 0.6 is 10.7 Å². The highest BCUT2D eigenvalue weighted by atomic mass is 35.7. The van der Waals surface area contributed by atoms with Gasteiger partial charge in [-0.1, -0.05) is 0 Å². The Morgan fingerprint density at radius 2 is 2.29 bits per heavy atom. The number of aromatic nitrogens is 2. The molecule has 1 aliphatic heterocycles. The Kier molecular flexibility index (Phi) is 3.13. The molecule has 0 aromatic carbocycles. The Morgan fingerprint density at radius 1 is 1.59 bits per heavy atom. The highest BCUT2D eigenvalue weighted by Crippen LogP contribution is 2.23. The van der Waals surface area contributed by atoms with Crippen LogP contribution in [0.4, 0.5) is 0 Å². The largest absolute Gasteiger partial charge is 0.341 e. The van der Waals surface area contributed by atoms with Crippen molar-refractivity contribution in [3.63, 3.8) is 0 Å². The van der Waals surface area contributed by atoms with Crippen molar-refractivity contribution in [1.82, 2.24) is 14.7 Å². The third-order valence-electron chi connectivity index (χ3n) is 2.84. The molecular formula is C9H12ClN3O3S. The van der Waals surface area contributed by atoms with Crippen LogP contribution in [0, 0.1) is 0 Å². The van der Waals surface area contributed by atoms with Crippen LogP contribution in [0.15, 0.2) is 17.3 Å². The molecule has 0 bridgehead atoms. The van der Waals surface area contributed by atoms with E-state index in [4.69, 9.17) is 10.7 Å². The molecule has 8 heteroatoms. The molecule has 94 valence electrons. The average Bonchev–Trinajstić information content (AvgIpc) is 2.85. The van der Waals surface area contributed by atoms with Crippen LogP contribution in [0.3, 0.4) is 0 Å². The summed E-state index contributed by atoms with van der Waals surface area (Å²) in [7, 11) is 1.48. The van der Waals surface area contributed by atoms with Crippen molar-refractivity contribution in [2.24, 2.45) is 0 Å². The number of hydrogen-bond acceptors (Lipinski definition) is 4. The Balaban J connectivity index is 2.15. The summed E-state index contributed by atoms with van der Waals surface area (Å²) < 4.78 is 23.7. The zero-order chi connectivity index (χ0) is 12.6. The summed E-state index contributed by atoms with van der Waals surface area (Å²) in [5.74, 6) is 0.0184. The van der Waals surface area contributed by atoms with Crippen molar-refractivity contribution < 1.29 is 13.2 Å². The van der Waals surface area contributed by atoms with Crippen molar-refractivity contribution in [3.8, 4) is 0 Å². The first kappa shape index (κ1) is 12.4. The van der Waals surface area contributed by atoms with Crippen molar-refractivity contribution in [1.29, 1.82) is 0 Å². The van der Waals surface area contributed by atoms with Crippen molar-refractivity contribution in [2.45, 2.75) is 24.3 Å². The minimum absolute atomic E-state index is 0.0135. The molecule has 1 amide bonds. The number of likely N-dealkylation sites (tertiary alicyclic amines) is 1. The van der Waals surface area contributed by atoms with Crippen LogP contribution in [0.25, 0.3) is 0 Å². The molecule has 17 heavy (non-hydrogen) atoms. The molecule has 6 nitrogen and oxygen atoms in total. The van der Waals surface area contributed by atoms with Gasteiger partial charge in [0.25, 0.3) is 9.05 Å². The molecule has 1 aromatic heterocycles. The molecule has 1 unspecified atom stereocenters. The van der Waals surface area contributed by atoms with Gasteiger partial charge < -0.3 is 4.90 Å². The minimum Gasteiger partial charge on any atom is -0.341 e. The number of halogens is 1. The molecular weight excluding hydrogens is 266 g/mol. The highest BCUT2D eigenvalue weighted by Gasteiger charge is 2.26. The second-order valence-corrected chi connectivity index (χ2v) is 6.57. The van der Waals surface area contributed by atoms with E-state index in [1.54, 1.807) is 9.58 Å². The maximum atomic E-state index is 11.2. The topological polar surface area (TPSA) is 72.3 Å². The molecule has 0 N–H and O–H groups in total. The number of nitrogens with zero attached hydrogens (tertiary/aromatic N) is 3. The predicted octanol–water partition coefficient (Wildman–Crippen LogP) is 0.604. The Bertz CT molecular complexity index is 539. The van der Waals surface area contributed by atoms with Crippen LogP contribution in [-0.2, 0) is 13.8 Å². The summed E-state index contributed by atoms with van der Waals surface area (Å²) in [6, 6.07) is 0.0195. The molecule has 1 aromatic rings. The Hall–Kier alpha value is -1.08. The quantitative estimate of drug-likeness (QED) is 0.742. The number of carbonyl (C=O) groups is 1. The molecule has 2 rings (SSSR count). The van der Waals surface area contributed by atoms with Gasteiger partial charge in [0.2, 0.25) is 5.91 Å². The second kappa shape index (κ2) is 4.30. The molecule has 1 atom stereocenters. The third kappa shape index (κ3) is 2.61.